The van der Waals surface area contributed by atoms with Crippen LogP contribution in [0.4, 0.5) is 4.79 Å². The van der Waals surface area contributed by atoms with Crippen molar-refractivity contribution in [1.82, 2.24) is 24.8 Å². The number of hydrogen-bond acceptors (Lipinski definition) is 8. The van der Waals surface area contributed by atoms with Crippen LogP contribution in [0.15, 0.2) is 17.5 Å². The maximum Gasteiger partial charge on any atom is 0.410 e. The Morgan fingerprint density at radius 2 is 1.72 bits per heavy atom. The average Bonchev–Trinajstić information content (AvgIpc) is 3.97. The molecule has 11 nitrogen and oxygen atoms in total. The smallest absolute Gasteiger partial charge is 0.410 e. The van der Waals surface area contributed by atoms with Crippen molar-refractivity contribution in [3.63, 3.8) is 0 Å². The number of fused-ring (bicyclic) bond motifs is 1. The number of carbonyl (C=O) groups is 2. The van der Waals surface area contributed by atoms with Crippen molar-refractivity contribution < 1.29 is 28.9 Å². The quantitative estimate of drug-likeness (QED) is 0.227. The summed E-state index contributed by atoms with van der Waals surface area (Å²) in [4.78, 5) is 31.7. The van der Waals surface area contributed by atoms with Crippen LogP contribution in [-0.4, -0.2) is 101 Å². The van der Waals surface area contributed by atoms with E-state index in [1.54, 1.807) is 0 Å². The zero-order valence-corrected chi connectivity index (χ0v) is 34.6. The summed E-state index contributed by atoms with van der Waals surface area (Å²) < 4.78 is 20.5. The van der Waals surface area contributed by atoms with Gasteiger partial charge in [0, 0.05) is 37.9 Å². The molecule has 7 aliphatic rings. The maximum atomic E-state index is 15.3. The summed E-state index contributed by atoms with van der Waals surface area (Å²) in [5.74, 6) is 0.984. The highest BCUT2D eigenvalue weighted by molar-refractivity contribution is 6.80. The van der Waals surface area contributed by atoms with E-state index in [1.807, 2.05) is 22.9 Å². The highest BCUT2D eigenvalue weighted by atomic mass is 28.3. The van der Waals surface area contributed by atoms with E-state index in [9.17, 15) is 9.90 Å². The number of ether oxygens (including phenoxy) is 3. The predicted molar refractivity (Wildman–Crippen MR) is 208 cm³/mol. The van der Waals surface area contributed by atoms with Gasteiger partial charge in [0.1, 0.15) is 18.4 Å². The molecule has 12 heteroatoms. The summed E-state index contributed by atoms with van der Waals surface area (Å²) in [6.07, 6.45) is 20.8. The summed E-state index contributed by atoms with van der Waals surface area (Å²) in [6, 6.07) is 0.253. The first-order valence-electron chi connectivity index (χ1n) is 21.9. The van der Waals surface area contributed by atoms with Gasteiger partial charge in [0.25, 0.3) is 5.91 Å². The number of aromatic nitrogens is 3. The van der Waals surface area contributed by atoms with Crippen molar-refractivity contribution in [3.8, 4) is 0 Å². The molecule has 1 aromatic heterocycles. The number of aryl methyl sites for hydroxylation is 1. The third-order valence-electron chi connectivity index (χ3n) is 15.7. The van der Waals surface area contributed by atoms with Crippen LogP contribution < -0.4 is 0 Å². The molecule has 5 fully saturated rings. The van der Waals surface area contributed by atoms with Crippen LogP contribution in [0.1, 0.15) is 134 Å². The Balaban J connectivity index is 1.03. The summed E-state index contributed by atoms with van der Waals surface area (Å²) in [7, 11) is -0.130. The number of aliphatic hydroxyl groups is 1. The van der Waals surface area contributed by atoms with Crippen LogP contribution in [0.25, 0.3) is 0 Å². The summed E-state index contributed by atoms with van der Waals surface area (Å²) in [6.45, 7) is 10.2. The number of hydrogen-bond donors (Lipinski definition) is 1. The highest BCUT2D eigenvalue weighted by Crippen LogP contribution is 2.61. The highest BCUT2D eigenvalue weighted by Gasteiger charge is 2.67. The number of methoxy groups -OCH3 is 1. The lowest BCUT2D eigenvalue weighted by Gasteiger charge is -2.45. The van der Waals surface area contributed by atoms with E-state index >= 15 is 4.79 Å². The van der Waals surface area contributed by atoms with Gasteiger partial charge >= 0.3 is 6.09 Å². The zero-order valence-electron chi connectivity index (χ0n) is 33.6. The number of carbonyl (C=O) groups excluding carboxylic acids is 2. The van der Waals surface area contributed by atoms with E-state index in [1.165, 1.54) is 43.4 Å². The Labute approximate surface area is 323 Å². The second-order valence-electron chi connectivity index (χ2n) is 18.8. The molecular formula is C42H67N5O6Si. The van der Waals surface area contributed by atoms with Crippen LogP contribution in [0.2, 0.25) is 24.2 Å². The molecule has 1 spiro atoms. The van der Waals surface area contributed by atoms with Gasteiger partial charge in [-0.15, -0.1) is 5.10 Å². The zero-order chi connectivity index (χ0) is 37.6. The molecule has 3 saturated carbocycles. The molecule has 54 heavy (non-hydrogen) atoms. The predicted octanol–water partition coefficient (Wildman–Crippen LogP) is 7.77. The third kappa shape index (κ3) is 7.01. The van der Waals surface area contributed by atoms with Gasteiger partial charge in [-0.25, -0.2) is 4.79 Å². The fourth-order valence-electron chi connectivity index (χ4n) is 12.6. The number of amides is 2. The Hall–Kier alpha value is -2.28. The maximum absolute atomic E-state index is 15.3. The third-order valence-corrected chi connectivity index (χ3v) is 21.0. The number of aliphatic hydroxyl groups excluding tert-OH is 1. The number of cyclic esters (lactones) is 1. The normalized spacial score (nSPS) is 36.0. The lowest BCUT2D eigenvalue weighted by Crippen LogP contribution is -2.50. The van der Waals surface area contributed by atoms with Crippen molar-refractivity contribution in [1.29, 1.82) is 0 Å². The molecule has 8 rings (SSSR count). The van der Waals surface area contributed by atoms with E-state index in [0.717, 1.165) is 90.0 Å². The van der Waals surface area contributed by atoms with E-state index in [-0.39, 0.29) is 36.0 Å². The van der Waals surface area contributed by atoms with Gasteiger partial charge in [-0.05, 0) is 112 Å². The lowest BCUT2D eigenvalue weighted by atomic mass is 9.78. The van der Waals surface area contributed by atoms with E-state index in [4.69, 9.17) is 14.2 Å². The number of nitrogens with zero attached hydrogens (tertiary/aromatic N) is 5. The largest absolute Gasteiger partial charge is 0.448 e. The van der Waals surface area contributed by atoms with Crippen molar-refractivity contribution in [2.24, 2.45) is 17.8 Å². The topological polar surface area (TPSA) is 119 Å². The molecular weight excluding hydrogens is 699 g/mol. The second kappa shape index (κ2) is 15.9. The molecule has 3 aliphatic heterocycles. The Morgan fingerprint density at radius 1 is 0.981 bits per heavy atom. The molecule has 0 radical (unpaired) electrons. The van der Waals surface area contributed by atoms with Crippen molar-refractivity contribution in [2.75, 3.05) is 26.8 Å². The van der Waals surface area contributed by atoms with Gasteiger partial charge in [0.05, 0.1) is 33.0 Å². The fraction of sp³-hybridized carbons (Fsp3) is 0.857. The second-order valence-corrected chi connectivity index (χ2v) is 23.9. The van der Waals surface area contributed by atoms with E-state index in [0.29, 0.717) is 48.5 Å². The first kappa shape index (κ1) is 38.6. The minimum absolute atomic E-state index is 0.0482. The first-order valence-corrected chi connectivity index (χ1v) is 25.0. The van der Waals surface area contributed by atoms with Crippen LogP contribution >= 0.6 is 0 Å². The SMILES string of the molecule is COC1CCC([Si](C)(C)[C@H]2[C@H](CCn3cc([C@H](O)C4CCCCC4)nn3)O[C@@]3(C(=O)N(CC4CCC(N5CCOC5=O)CC4)C4=C3CCCC4)[C@@H]2C)CC1. The molecule has 4 aliphatic carbocycles. The minimum Gasteiger partial charge on any atom is -0.448 e. The molecule has 2 saturated heterocycles. The van der Waals surface area contributed by atoms with Gasteiger partial charge in [0.2, 0.25) is 0 Å². The molecule has 2 amide bonds. The molecule has 1 aromatic rings. The fourth-order valence-corrected chi connectivity index (χ4v) is 17.7. The number of rotatable bonds is 11. The molecule has 4 heterocycles. The minimum atomic E-state index is -1.98. The Morgan fingerprint density at radius 3 is 2.43 bits per heavy atom. The summed E-state index contributed by atoms with van der Waals surface area (Å²) in [5, 5.41) is 20.2. The van der Waals surface area contributed by atoms with Crippen LogP contribution in [0.5, 0.6) is 0 Å². The first-order chi connectivity index (χ1) is 26.1. The summed E-state index contributed by atoms with van der Waals surface area (Å²) >= 11 is 0. The monoisotopic (exact) mass is 765 g/mol. The van der Waals surface area contributed by atoms with Crippen molar-refractivity contribution in [3.05, 3.63) is 23.2 Å². The molecule has 0 unspecified atom stereocenters. The molecule has 0 bridgehead atoms. The molecule has 300 valence electrons. The Kier molecular flexibility index (Phi) is 11.4. The van der Waals surface area contributed by atoms with Gasteiger partial charge in [0.15, 0.2) is 5.60 Å². The standard InChI is InChI=1S/C42H67N5O6Si/c1-28-39(54(3,4)33-20-18-32(51-2)19-21-33)37(22-23-45-27-35(43-44-45)38(48)30-10-6-5-7-11-30)53-42(28)34-12-8-9-13-36(34)47(40(42)49)26-29-14-16-31(17-15-29)46-24-25-52-41(46)50/h27-33,37-39,48H,5-26H2,1-4H3/t28-,29?,31?,32?,33?,37+,38-,39-,42+/m1/s1. The number of allylic oxidation sites excluding steroid dienone is 1. The van der Waals surface area contributed by atoms with Gasteiger partial charge in [-0.2, -0.15) is 0 Å². The molecule has 1 N–H and O–H groups in total. The average molecular weight is 766 g/mol. The van der Waals surface area contributed by atoms with Gasteiger partial charge < -0.3 is 29.1 Å². The van der Waals surface area contributed by atoms with E-state index in [2.05, 4.69) is 35.2 Å². The van der Waals surface area contributed by atoms with Crippen LogP contribution in [0.3, 0.4) is 0 Å². The summed E-state index contributed by atoms with van der Waals surface area (Å²) in [5.41, 5.74) is 3.34. The van der Waals surface area contributed by atoms with Crippen LogP contribution in [0, 0.1) is 17.8 Å². The Bertz CT molecular complexity index is 1530. The van der Waals surface area contributed by atoms with Crippen molar-refractivity contribution >= 4 is 20.1 Å². The van der Waals surface area contributed by atoms with Gasteiger partial charge in [-0.1, -0.05) is 57.3 Å². The van der Waals surface area contributed by atoms with Crippen molar-refractivity contribution in [2.45, 2.75) is 183 Å². The lowest BCUT2D eigenvalue weighted by molar-refractivity contribution is -0.150. The molecule has 5 atom stereocenters. The van der Waals surface area contributed by atoms with Crippen LogP contribution in [-0.2, 0) is 25.5 Å². The molecule has 0 aromatic carbocycles. The van der Waals surface area contributed by atoms with E-state index < -0.39 is 19.8 Å². The van der Waals surface area contributed by atoms with Gasteiger partial charge in [-0.3, -0.25) is 9.48 Å².